The smallest absolute Gasteiger partial charge is 0.164 e. The fraction of sp³-hybridized carbons (Fsp3) is 0.0192. The lowest BCUT2D eigenvalue weighted by Crippen LogP contribution is -2.10. The van der Waals surface area contributed by atoms with Crippen molar-refractivity contribution < 1.29 is 0 Å². The Morgan fingerprint density at radius 1 is 0.321 bits per heavy atom. The van der Waals surface area contributed by atoms with Crippen LogP contribution in [0.15, 0.2) is 206 Å². The molecule has 0 saturated heterocycles. The van der Waals surface area contributed by atoms with E-state index in [2.05, 4.69) is 175 Å². The van der Waals surface area contributed by atoms with E-state index in [9.17, 15) is 0 Å². The Hall–Kier alpha value is -7.43. The molecule has 1 aliphatic rings. The Balaban J connectivity index is 1.11. The molecular weight excluding hydrogens is 681 g/mol. The number of nitrogens with zero attached hydrogens (tertiary/aromatic N) is 4. The van der Waals surface area contributed by atoms with Crippen molar-refractivity contribution >= 4 is 17.1 Å². The van der Waals surface area contributed by atoms with Crippen molar-refractivity contribution in [2.45, 2.75) is 6.42 Å². The van der Waals surface area contributed by atoms with Gasteiger partial charge in [-0.15, -0.1) is 0 Å². The summed E-state index contributed by atoms with van der Waals surface area (Å²) in [5, 5.41) is 0. The molecule has 1 aliphatic carbocycles. The normalized spacial score (nSPS) is 11.5. The van der Waals surface area contributed by atoms with E-state index in [0.717, 1.165) is 45.7 Å². The quantitative estimate of drug-likeness (QED) is 0.157. The van der Waals surface area contributed by atoms with Crippen molar-refractivity contribution in [1.29, 1.82) is 0 Å². The summed E-state index contributed by atoms with van der Waals surface area (Å²) in [7, 11) is 0. The third-order valence-corrected chi connectivity index (χ3v) is 10.6. The van der Waals surface area contributed by atoms with Crippen molar-refractivity contribution in [1.82, 2.24) is 15.0 Å². The maximum Gasteiger partial charge on any atom is 0.164 e. The van der Waals surface area contributed by atoms with E-state index < -0.39 is 0 Å². The molecule has 264 valence electrons. The molecule has 0 radical (unpaired) electrons. The second kappa shape index (κ2) is 14.4. The maximum atomic E-state index is 5.15. The van der Waals surface area contributed by atoms with Gasteiger partial charge in [-0.2, -0.15) is 0 Å². The molecule has 10 rings (SSSR count). The van der Waals surface area contributed by atoms with Gasteiger partial charge in [0.25, 0.3) is 0 Å². The summed E-state index contributed by atoms with van der Waals surface area (Å²) in [6, 6.07) is 72.5. The summed E-state index contributed by atoms with van der Waals surface area (Å²) in [5.41, 5.74) is 16.0. The summed E-state index contributed by atoms with van der Waals surface area (Å²) in [6.45, 7) is 0. The minimum absolute atomic E-state index is 0.657. The SMILES string of the molecule is c1ccc(-c2ccc(N(c3ccccc3)c3cccc(-c4ccc(-c5nc(-c6ccccc6)nc(-c6ccccc6)n5)c5c4Cc4ccccc4-5)c3)cc2)cc1. The lowest BCUT2D eigenvalue weighted by molar-refractivity contribution is 1.07. The molecule has 8 aromatic carbocycles. The highest BCUT2D eigenvalue weighted by molar-refractivity contribution is 5.94. The van der Waals surface area contributed by atoms with Gasteiger partial charge in [0.05, 0.1) is 0 Å². The summed E-state index contributed by atoms with van der Waals surface area (Å²) < 4.78 is 0. The number of anilines is 3. The van der Waals surface area contributed by atoms with E-state index in [4.69, 9.17) is 15.0 Å². The predicted octanol–water partition coefficient (Wildman–Crippen LogP) is 13.2. The van der Waals surface area contributed by atoms with Crippen LogP contribution in [0, 0.1) is 0 Å². The van der Waals surface area contributed by atoms with Crippen molar-refractivity contribution in [2.75, 3.05) is 4.90 Å². The van der Waals surface area contributed by atoms with Crippen molar-refractivity contribution in [3.8, 4) is 67.5 Å². The minimum Gasteiger partial charge on any atom is -0.310 e. The van der Waals surface area contributed by atoms with Crippen LogP contribution in [0.3, 0.4) is 0 Å². The van der Waals surface area contributed by atoms with Gasteiger partial charge in [-0.1, -0.05) is 164 Å². The standard InChI is InChI=1S/C52H36N4/c1-5-16-36(17-6-1)37-28-30-43(31-29-37)56(42-24-11-4-12-25-42)44-26-15-23-40(34-44)45-32-33-47(49-46-27-14-13-22-41(46)35-48(45)49)52-54-50(38-18-7-2-8-19-38)53-51(55-52)39-20-9-3-10-21-39/h1-34H,35H2. The Labute approximate surface area is 327 Å². The van der Waals surface area contributed by atoms with Gasteiger partial charge >= 0.3 is 0 Å². The molecule has 0 amide bonds. The monoisotopic (exact) mass is 716 g/mol. The van der Waals surface area contributed by atoms with Gasteiger partial charge in [0, 0.05) is 33.8 Å². The minimum atomic E-state index is 0.657. The van der Waals surface area contributed by atoms with Gasteiger partial charge in [0.1, 0.15) is 0 Å². The van der Waals surface area contributed by atoms with Crippen molar-refractivity contribution in [3.05, 3.63) is 217 Å². The number of hydrogen-bond acceptors (Lipinski definition) is 4. The topological polar surface area (TPSA) is 41.9 Å². The zero-order chi connectivity index (χ0) is 37.3. The van der Waals surface area contributed by atoms with Crippen LogP contribution in [0.25, 0.3) is 67.5 Å². The van der Waals surface area contributed by atoms with Crippen LogP contribution in [-0.2, 0) is 6.42 Å². The molecular formula is C52H36N4. The van der Waals surface area contributed by atoms with E-state index in [-0.39, 0.29) is 0 Å². The molecule has 0 bridgehead atoms. The summed E-state index contributed by atoms with van der Waals surface area (Å²) in [5.74, 6) is 1.98. The molecule has 9 aromatic rings. The molecule has 0 saturated carbocycles. The maximum absolute atomic E-state index is 5.15. The summed E-state index contributed by atoms with van der Waals surface area (Å²) >= 11 is 0. The first kappa shape index (κ1) is 33.2. The zero-order valence-electron chi connectivity index (χ0n) is 30.6. The molecule has 0 spiro atoms. The average molecular weight is 717 g/mol. The first-order chi connectivity index (χ1) is 27.8. The largest absolute Gasteiger partial charge is 0.310 e. The predicted molar refractivity (Wildman–Crippen MR) is 230 cm³/mol. The highest BCUT2D eigenvalue weighted by Crippen LogP contribution is 2.47. The van der Waals surface area contributed by atoms with E-state index in [1.165, 1.54) is 38.9 Å². The Bertz CT molecular complexity index is 2740. The number of para-hydroxylation sites is 1. The van der Waals surface area contributed by atoms with Gasteiger partial charge < -0.3 is 4.90 Å². The molecule has 1 heterocycles. The first-order valence-electron chi connectivity index (χ1n) is 19.0. The molecule has 4 heteroatoms. The number of aromatic nitrogens is 3. The fourth-order valence-electron chi connectivity index (χ4n) is 7.90. The number of fused-ring (bicyclic) bond motifs is 3. The third-order valence-electron chi connectivity index (χ3n) is 10.6. The first-order valence-corrected chi connectivity index (χ1v) is 19.0. The lowest BCUT2D eigenvalue weighted by atomic mass is 9.91. The molecule has 56 heavy (non-hydrogen) atoms. The molecule has 0 unspecified atom stereocenters. The lowest BCUT2D eigenvalue weighted by Gasteiger charge is -2.26. The van der Waals surface area contributed by atoms with Gasteiger partial charge in [-0.05, 0) is 93.4 Å². The van der Waals surface area contributed by atoms with Gasteiger partial charge in [0.15, 0.2) is 17.5 Å². The second-order valence-electron chi connectivity index (χ2n) is 14.0. The highest BCUT2D eigenvalue weighted by atomic mass is 15.1. The fourth-order valence-corrected chi connectivity index (χ4v) is 7.90. The van der Waals surface area contributed by atoms with Gasteiger partial charge in [0.2, 0.25) is 0 Å². The second-order valence-corrected chi connectivity index (χ2v) is 14.0. The Morgan fingerprint density at radius 2 is 0.804 bits per heavy atom. The average Bonchev–Trinajstić information content (AvgIpc) is 3.68. The van der Waals surface area contributed by atoms with E-state index in [1.54, 1.807) is 0 Å². The molecule has 0 fully saturated rings. The number of hydrogen-bond donors (Lipinski definition) is 0. The number of benzene rings is 8. The van der Waals surface area contributed by atoms with Crippen LogP contribution in [0.1, 0.15) is 11.1 Å². The third kappa shape index (κ3) is 6.23. The van der Waals surface area contributed by atoms with Gasteiger partial charge in [-0.25, -0.2) is 15.0 Å². The Morgan fingerprint density at radius 3 is 1.46 bits per heavy atom. The Kier molecular flexibility index (Phi) is 8.54. The van der Waals surface area contributed by atoms with Gasteiger partial charge in [-0.3, -0.25) is 0 Å². The zero-order valence-corrected chi connectivity index (χ0v) is 30.6. The van der Waals surface area contributed by atoms with Crippen LogP contribution in [-0.4, -0.2) is 15.0 Å². The molecule has 4 nitrogen and oxygen atoms in total. The summed E-state index contributed by atoms with van der Waals surface area (Å²) in [6.07, 6.45) is 0.824. The van der Waals surface area contributed by atoms with Crippen LogP contribution in [0.4, 0.5) is 17.1 Å². The van der Waals surface area contributed by atoms with E-state index in [1.807, 2.05) is 36.4 Å². The van der Waals surface area contributed by atoms with Crippen molar-refractivity contribution in [2.24, 2.45) is 0 Å². The van der Waals surface area contributed by atoms with Crippen LogP contribution < -0.4 is 4.90 Å². The molecule has 1 aromatic heterocycles. The van der Waals surface area contributed by atoms with Crippen LogP contribution in [0.5, 0.6) is 0 Å². The summed E-state index contributed by atoms with van der Waals surface area (Å²) in [4.78, 5) is 17.6. The van der Waals surface area contributed by atoms with Crippen molar-refractivity contribution in [3.63, 3.8) is 0 Å². The molecule has 0 aliphatic heterocycles. The molecule has 0 N–H and O–H groups in total. The number of rotatable bonds is 8. The van der Waals surface area contributed by atoms with E-state index >= 15 is 0 Å². The highest BCUT2D eigenvalue weighted by Gasteiger charge is 2.27. The van der Waals surface area contributed by atoms with Crippen LogP contribution in [0.2, 0.25) is 0 Å². The molecule has 0 atom stereocenters. The van der Waals surface area contributed by atoms with E-state index in [0.29, 0.717) is 17.5 Å². The van der Waals surface area contributed by atoms with Crippen LogP contribution >= 0.6 is 0 Å².